The zero-order chi connectivity index (χ0) is 26.1. The Morgan fingerprint density at radius 1 is 1.03 bits per heavy atom. The number of carboxylic acid groups (broad SMARTS) is 1. The van der Waals surface area contributed by atoms with E-state index in [0.717, 1.165) is 11.5 Å². The number of carbonyl (C=O) groups is 4. The summed E-state index contributed by atoms with van der Waals surface area (Å²) in [6.45, 7) is 0.418. The fourth-order valence-electron chi connectivity index (χ4n) is 4.87. The van der Waals surface area contributed by atoms with Gasteiger partial charge in [-0.3, -0.25) is 19.7 Å². The first-order chi connectivity index (χ1) is 17.4. The molecule has 10 heteroatoms. The van der Waals surface area contributed by atoms with Crippen LogP contribution in [-0.2, 0) is 22.7 Å². The van der Waals surface area contributed by atoms with E-state index in [1.165, 1.54) is 30.6 Å². The van der Waals surface area contributed by atoms with Crippen molar-refractivity contribution in [1.29, 1.82) is 0 Å². The molecule has 3 aliphatic rings. The monoisotopic (exact) mass is 529 g/mol. The Morgan fingerprint density at radius 2 is 1.72 bits per heavy atom. The summed E-state index contributed by atoms with van der Waals surface area (Å²) in [6, 6.07) is 15.4. The van der Waals surface area contributed by atoms with E-state index < -0.39 is 18.0 Å². The van der Waals surface area contributed by atoms with Gasteiger partial charge in [0, 0.05) is 25.1 Å². The highest BCUT2D eigenvalue weighted by Gasteiger charge is 2.39. The van der Waals surface area contributed by atoms with Crippen molar-refractivity contribution in [3.63, 3.8) is 0 Å². The smallest absolute Gasteiger partial charge is 0.404 e. The average Bonchev–Trinajstić information content (AvgIpc) is 3.54. The lowest BCUT2D eigenvalue weighted by Crippen LogP contribution is -2.52. The Kier molecular flexibility index (Phi) is 10.2. The molecule has 1 atom stereocenters. The number of nitrogens with one attached hydrogen (secondary N) is 2. The van der Waals surface area contributed by atoms with Gasteiger partial charge in [-0.2, -0.15) is 0 Å². The molecule has 2 heterocycles. The van der Waals surface area contributed by atoms with E-state index in [-0.39, 0.29) is 24.8 Å². The molecule has 3 N–H and O–H groups in total. The predicted molar refractivity (Wildman–Crippen MR) is 143 cm³/mol. The van der Waals surface area contributed by atoms with Crippen molar-refractivity contribution < 1.29 is 24.3 Å². The Hall–Kier alpha value is -2.98. The van der Waals surface area contributed by atoms with E-state index in [0.29, 0.717) is 24.1 Å². The van der Waals surface area contributed by atoms with E-state index in [9.17, 15) is 19.2 Å². The second-order valence-corrected chi connectivity index (χ2v) is 8.94. The van der Waals surface area contributed by atoms with E-state index in [1.807, 2.05) is 0 Å². The molecule has 1 saturated carbocycles. The molecule has 8 nitrogen and oxygen atoms in total. The summed E-state index contributed by atoms with van der Waals surface area (Å²) in [5, 5.41) is 13.1. The minimum absolute atomic E-state index is 0.105. The highest BCUT2D eigenvalue weighted by molar-refractivity contribution is 8.59. The summed E-state index contributed by atoms with van der Waals surface area (Å²) in [5.74, 6) is -0.171. The zero-order valence-corrected chi connectivity index (χ0v) is 21.6. The van der Waals surface area contributed by atoms with Crippen LogP contribution in [0.3, 0.4) is 0 Å². The number of piperidine rings is 1. The molecule has 1 aliphatic carbocycles. The molecule has 4 amide bonds. The van der Waals surface area contributed by atoms with Gasteiger partial charge < -0.3 is 15.3 Å². The molecule has 0 radical (unpaired) electrons. The first kappa shape index (κ1) is 27.6. The number of carbonyl (C=O) groups excluding carboxylic acids is 3. The number of benzene rings is 2. The van der Waals surface area contributed by atoms with Crippen LogP contribution in [0.5, 0.6) is 0 Å². The number of hydrogen-bond donors (Lipinski definition) is 5. The van der Waals surface area contributed by atoms with Crippen molar-refractivity contribution in [3.05, 3.63) is 70.8 Å². The van der Waals surface area contributed by atoms with Crippen molar-refractivity contribution in [2.45, 2.75) is 63.6 Å². The van der Waals surface area contributed by atoms with Crippen LogP contribution in [0.15, 0.2) is 48.5 Å². The first-order valence-electron chi connectivity index (χ1n) is 11.9. The molecule has 2 aromatic carbocycles. The molecule has 2 fully saturated rings. The van der Waals surface area contributed by atoms with Gasteiger partial charge in [-0.1, -0.05) is 55.3 Å². The fraction of sp³-hybridized carbons (Fsp3) is 0.385. The van der Waals surface area contributed by atoms with Gasteiger partial charge in [-0.25, -0.2) is 4.79 Å². The SMILES string of the molecule is O=C(O)NCc1ccc2c(c1)C(=O)N(C1CCC(=O)NC1=O)C2.SS.c1ccc(C2CCCC2)cc1. The van der Waals surface area contributed by atoms with Crippen molar-refractivity contribution in [2.75, 3.05) is 0 Å². The summed E-state index contributed by atoms with van der Waals surface area (Å²) < 4.78 is 0. The van der Waals surface area contributed by atoms with Crippen LogP contribution in [-0.4, -0.2) is 39.9 Å². The second-order valence-electron chi connectivity index (χ2n) is 8.94. The molecule has 2 aliphatic heterocycles. The lowest BCUT2D eigenvalue weighted by Gasteiger charge is -2.29. The lowest BCUT2D eigenvalue weighted by atomic mass is 9.98. The van der Waals surface area contributed by atoms with Gasteiger partial charge in [-0.05, 0) is 47.9 Å². The van der Waals surface area contributed by atoms with Gasteiger partial charge in [-0.15, -0.1) is 23.3 Å². The number of rotatable bonds is 4. The van der Waals surface area contributed by atoms with Crippen molar-refractivity contribution >= 4 is 47.1 Å². The molecule has 0 spiro atoms. The molecule has 0 bridgehead atoms. The Morgan fingerprint density at radius 3 is 2.36 bits per heavy atom. The lowest BCUT2D eigenvalue weighted by molar-refractivity contribution is -0.136. The quantitative estimate of drug-likeness (QED) is 0.230. The molecular weight excluding hydrogens is 498 g/mol. The summed E-state index contributed by atoms with van der Waals surface area (Å²) in [4.78, 5) is 47.7. The number of imide groups is 1. The minimum atomic E-state index is -1.14. The largest absolute Gasteiger partial charge is 0.465 e. The van der Waals surface area contributed by atoms with Crippen molar-refractivity contribution in [1.82, 2.24) is 15.5 Å². The molecule has 192 valence electrons. The summed E-state index contributed by atoms with van der Waals surface area (Å²) in [6.07, 6.45) is 5.07. The van der Waals surface area contributed by atoms with Crippen LogP contribution in [0.1, 0.15) is 71.5 Å². The van der Waals surface area contributed by atoms with E-state index in [4.69, 9.17) is 5.11 Å². The van der Waals surface area contributed by atoms with E-state index >= 15 is 0 Å². The van der Waals surface area contributed by atoms with Gasteiger partial charge in [0.2, 0.25) is 11.8 Å². The molecule has 36 heavy (non-hydrogen) atoms. The van der Waals surface area contributed by atoms with Gasteiger partial charge >= 0.3 is 6.09 Å². The summed E-state index contributed by atoms with van der Waals surface area (Å²) in [5.41, 5.74) is 3.48. The number of hydrogen-bond acceptors (Lipinski definition) is 6. The molecule has 1 saturated heterocycles. The standard InChI is InChI=1S/C15H15N3O5.C11H14.H2S2/c19-12-4-3-11(13(20)17-12)18-7-9-2-1-8(6-16-15(22)23)5-10(9)14(18)21;1-2-6-10(7-3-1)11-8-4-5-9-11;1-2/h1-2,5,11,16H,3-4,6-7H2,(H,22,23)(H,17,19,20);1-3,6-7,11H,4-5,8-9H2;1-2H. The zero-order valence-electron chi connectivity index (χ0n) is 19.9. The van der Waals surface area contributed by atoms with Crippen LogP contribution >= 0.6 is 23.3 Å². The predicted octanol–water partition coefficient (Wildman–Crippen LogP) is 4.32. The third-order valence-corrected chi connectivity index (χ3v) is 6.66. The first-order valence-corrected chi connectivity index (χ1v) is 13.5. The maximum Gasteiger partial charge on any atom is 0.404 e. The maximum atomic E-state index is 12.5. The highest BCUT2D eigenvalue weighted by atomic mass is 33.1. The Labute approximate surface area is 221 Å². The summed E-state index contributed by atoms with van der Waals surface area (Å²) >= 11 is 6.44. The van der Waals surface area contributed by atoms with E-state index in [2.05, 4.69) is 64.3 Å². The van der Waals surface area contributed by atoms with E-state index in [1.54, 1.807) is 23.8 Å². The Bertz CT molecular complexity index is 1090. The van der Waals surface area contributed by atoms with Gasteiger partial charge in [0.25, 0.3) is 5.91 Å². The van der Waals surface area contributed by atoms with Crippen LogP contribution in [0.2, 0.25) is 0 Å². The molecule has 0 aromatic heterocycles. The number of nitrogens with zero attached hydrogens (tertiary/aromatic N) is 1. The van der Waals surface area contributed by atoms with Crippen molar-refractivity contribution in [3.8, 4) is 0 Å². The number of amides is 4. The molecule has 2 aromatic rings. The third-order valence-electron chi connectivity index (χ3n) is 6.66. The van der Waals surface area contributed by atoms with Crippen LogP contribution < -0.4 is 10.6 Å². The average molecular weight is 530 g/mol. The molecular formula is C26H31N3O5S2. The molecule has 1 unspecified atom stereocenters. The fourth-order valence-corrected chi connectivity index (χ4v) is 4.87. The topological polar surface area (TPSA) is 116 Å². The summed E-state index contributed by atoms with van der Waals surface area (Å²) in [7, 11) is 0. The highest BCUT2D eigenvalue weighted by Crippen LogP contribution is 2.33. The van der Waals surface area contributed by atoms with Crippen molar-refractivity contribution in [2.24, 2.45) is 0 Å². The van der Waals surface area contributed by atoms with Gasteiger partial charge in [0.05, 0.1) is 0 Å². The van der Waals surface area contributed by atoms with Gasteiger partial charge in [0.1, 0.15) is 6.04 Å². The minimum Gasteiger partial charge on any atom is -0.465 e. The van der Waals surface area contributed by atoms with Crippen LogP contribution in [0.25, 0.3) is 0 Å². The van der Waals surface area contributed by atoms with Crippen LogP contribution in [0, 0.1) is 0 Å². The van der Waals surface area contributed by atoms with Crippen LogP contribution in [0.4, 0.5) is 4.79 Å². The Balaban J connectivity index is 0.000000231. The number of thiol groups is 2. The maximum absolute atomic E-state index is 12.5. The molecule has 5 rings (SSSR count). The normalized spacial score (nSPS) is 18.9. The number of fused-ring (bicyclic) bond motifs is 1. The van der Waals surface area contributed by atoms with Gasteiger partial charge in [0.15, 0.2) is 0 Å². The third kappa shape index (κ3) is 7.04. The second kappa shape index (κ2) is 13.4.